The first-order valence-corrected chi connectivity index (χ1v) is 7.99. The molecular weight excluding hydrogens is 312 g/mol. The zero-order chi connectivity index (χ0) is 17.5. The van der Waals surface area contributed by atoms with Gasteiger partial charge in [0.2, 0.25) is 0 Å². The zero-order valence-electron chi connectivity index (χ0n) is 13.6. The van der Waals surface area contributed by atoms with Crippen molar-refractivity contribution >= 4 is 12.0 Å². The van der Waals surface area contributed by atoms with E-state index in [4.69, 9.17) is 9.84 Å². The van der Waals surface area contributed by atoms with Crippen molar-refractivity contribution in [2.45, 2.75) is 0 Å². The van der Waals surface area contributed by atoms with Gasteiger partial charge in [-0.15, -0.1) is 0 Å². The van der Waals surface area contributed by atoms with E-state index in [9.17, 15) is 4.79 Å². The van der Waals surface area contributed by atoms with Crippen LogP contribution in [0.4, 0.5) is 0 Å². The Morgan fingerprint density at radius 1 is 0.960 bits per heavy atom. The molecule has 2 aromatic carbocycles. The molecule has 1 heterocycles. The van der Waals surface area contributed by atoms with E-state index in [2.05, 4.69) is 30.3 Å². The van der Waals surface area contributed by atoms with Crippen LogP contribution in [0, 0.1) is 0 Å². The molecule has 0 saturated heterocycles. The molecule has 3 nitrogen and oxygen atoms in total. The normalized spacial score (nSPS) is 13.8. The van der Waals surface area contributed by atoms with Crippen molar-refractivity contribution in [1.82, 2.24) is 0 Å². The fraction of sp³-hybridized carbons (Fsp3) is 0.0455. The van der Waals surface area contributed by atoms with E-state index in [0.29, 0.717) is 6.61 Å². The number of rotatable bonds is 5. The highest BCUT2D eigenvalue weighted by molar-refractivity contribution is 5.80. The Bertz CT molecular complexity index is 871. The molecule has 124 valence electrons. The summed E-state index contributed by atoms with van der Waals surface area (Å²) in [5.74, 6) is -0.0698. The Morgan fingerprint density at radius 3 is 2.56 bits per heavy atom. The number of hydrogen-bond acceptors (Lipinski definition) is 2. The summed E-state index contributed by atoms with van der Waals surface area (Å²) in [6, 6.07) is 16.4. The van der Waals surface area contributed by atoms with Gasteiger partial charge in [0.15, 0.2) is 0 Å². The summed E-state index contributed by atoms with van der Waals surface area (Å²) in [6.45, 7) is 0.521. The maximum absolute atomic E-state index is 10.4. The number of allylic oxidation sites excluding steroid dienone is 4. The summed E-state index contributed by atoms with van der Waals surface area (Å²) >= 11 is 0. The van der Waals surface area contributed by atoms with Gasteiger partial charge in [0.25, 0.3) is 0 Å². The minimum absolute atomic E-state index is 0.521. The number of carboxylic acid groups (broad SMARTS) is 1. The summed E-state index contributed by atoms with van der Waals surface area (Å²) in [5.41, 5.74) is 4.45. The fourth-order valence-electron chi connectivity index (χ4n) is 2.55. The van der Waals surface area contributed by atoms with Crippen LogP contribution in [-0.2, 0) is 4.79 Å². The van der Waals surface area contributed by atoms with Crippen LogP contribution in [-0.4, -0.2) is 17.7 Å². The molecule has 0 aromatic heterocycles. The molecule has 0 spiro atoms. The monoisotopic (exact) mass is 330 g/mol. The minimum atomic E-state index is -0.956. The lowest BCUT2D eigenvalue weighted by Crippen LogP contribution is -2.05. The predicted molar refractivity (Wildman–Crippen MR) is 100 cm³/mol. The van der Waals surface area contributed by atoms with Gasteiger partial charge in [-0.2, -0.15) is 0 Å². The van der Waals surface area contributed by atoms with Crippen LogP contribution in [0.2, 0.25) is 0 Å². The number of aliphatic carboxylic acids is 1. The molecule has 1 N–H and O–H groups in total. The average Bonchev–Trinajstić information content (AvgIpc) is 2.64. The van der Waals surface area contributed by atoms with Crippen molar-refractivity contribution in [1.29, 1.82) is 0 Å². The van der Waals surface area contributed by atoms with Crippen LogP contribution in [0.1, 0.15) is 5.56 Å². The van der Waals surface area contributed by atoms with Crippen LogP contribution in [0.5, 0.6) is 5.75 Å². The van der Waals surface area contributed by atoms with Crippen molar-refractivity contribution in [3.05, 3.63) is 96.1 Å². The van der Waals surface area contributed by atoms with Crippen molar-refractivity contribution < 1.29 is 14.6 Å². The maximum Gasteiger partial charge on any atom is 0.328 e. The van der Waals surface area contributed by atoms with E-state index >= 15 is 0 Å². The van der Waals surface area contributed by atoms with Gasteiger partial charge in [0.05, 0.1) is 0 Å². The molecule has 2 aromatic rings. The number of ether oxygens (including phenoxy) is 1. The molecule has 0 unspecified atom stereocenters. The molecule has 0 fully saturated rings. The molecule has 1 aliphatic heterocycles. The molecule has 0 saturated carbocycles. The van der Waals surface area contributed by atoms with Crippen molar-refractivity contribution in [2.75, 3.05) is 6.61 Å². The van der Waals surface area contributed by atoms with Gasteiger partial charge < -0.3 is 9.84 Å². The Hall–Kier alpha value is -3.33. The fourth-order valence-corrected chi connectivity index (χ4v) is 2.55. The molecule has 3 heteroatoms. The van der Waals surface area contributed by atoms with Gasteiger partial charge in [-0.25, -0.2) is 4.79 Å². The van der Waals surface area contributed by atoms with E-state index in [-0.39, 0.29) is 0 Å². The molecule has 0 radical (unpaired) electrons. The van der Waals surface area contributed by atoms with E-state index in [1.807, 2.05) is 36.4 Å². The highest BCUT2D eigenvalue weighted by Crippen LogP contribution is 2.31. The van der Waals surface area contributed by atoms with Crippen molar-refractivity contribution in [3.8, 4) is 16.9 Å². The molecule has 0 atom stereocenters. The lowest BCUT2D eigenvalue weighted by Gasteiger charge is -2.17. The van der Waals surface area contributed by atoms with Gasteiger partial charge in [0, 0.05) is 11.6 Å². The lowest BCUT2D eigenvalue weighted by atomic mass is 10.00. The first-order chi connectivity index (χ1) is 12.2. The van der Waals surface area contributed by atoms with E-state index in [1.165, 1.54) is 11.6 Å². The van der Waals surface area contributed by atoms with Gasteiger partial charge in [-0.3, -0.25) is 0 Å². The predicted octanol–water partition coefficient (Wildman–Crippen LogP) is 4.88. The van der Waals surface area contributed by atoms with Crippen LogP contribution in [0.25, 0.3) is 17.2 Å². The Kier molecular flexibility index (Phi) is 5.27. The number of carboxylic acids is 1. The summed E-state index contributed by atoms with van der Waals surface area (Å²) in [5, 5.41) is 8.51. The van der Waals surface area contributed by atoms with Gasteiger partial charge in [-0.1, -0.05) is 66.8 Å². The van der Waals surface area contributed by atoms with E-state index in [1.54, 1.807) is 12.2 Å². The van der Waals surface area contributed by atoms with Crippen LogP contribution < -0.4 is 4.74 Å². The van der Waals surface area contributed by atoms with Crippen LogP contribution >= 0.6 is 0 Å². The number of fused-ring (bicyclic) bond motifs is 1. The lowest BCUT2D eigenvalue weighted by molar-refractivity contribution is -0.131. The number of benzene rings is 2. The summed E-state index contributed by atoms with van der Waals surface area (Å²) in [7, 11) is 0. The standard InChI is InChI=1S/C22H18O3/c23-22(24)11-7-2-1-4-8-17-14-20-15-19(12-13-21(20)25-16-17)18-9-5-3-6-10-18/h1-15H,16H2,(H,23,24)/b2-1+,8-4+,11-7+. The Labute approximate surface area is 146 Å². The summed E-state index contributed by atoms with van der Waals surface area (Å²) < 4.78 is 5.80. The van der Waals surface area contributed by atoms with Crippen LogP contribution in [0.3, 0.4) is 0 Å². The van der Waals surface area contributed by atoms with Gasteiger partial charge in [0.1, 0.15) is 12.4 Å². The quantitative estimate of drug-likeness (QED) is 0.627. The SMILES string of the molecule is O=C(O)/C=C/C=C/C=C/C1=Cc2cc(-c3ccccc3)ccc2OC1. The third-order valence-electron chi connectivity index (χ3n) is 3.73. The number of hydrogen-bond donors (Lipinski definition) is 1. The van der Waals surface area contributed by atoms with Crippen molar-refractivity contribution in [2.24, 2.45) is 0 Å². The highest BCUT2D eigenvalue weighted by atomic mass is 16.5. The largest absolute Gasteiger partial charge is 0.488 e. The highest BCUT2D eigenvalue weighted by Gasteiger charge is 2.10. The zero-order valence-corrected chi connectivity index (χ0v) is 13.6. The third kappa shape index (κ3) is 4.58. The third-order valence-corrected chi connectivity index (χ3v) is 3.73. The molecule has 0 bridgehead atoms. The number of carbonyl (C=O) groups is 1. The van der Waals surface area contributed by atoms with E-state index < -0.39 is 5.97 Å². The van der Waals surface area contributed by atoms with Crippen molar-refractivity contribution in [3.63, 3.8) is 0 Å². The first-order valence-electron chi connectivity index (χ1n) is 7.99. The molecule has 0 amide bonds. The smallest absolute Gasteiger partial charge is 0.328 e. The second-order valence-corrected chi connectivity index (χ2v) is 5.57. The van der Waals surface area contributed by atoms with Crippen LogP contribution in [0.15, 0.2) is 90.6 Å². The molecule has 3 rings (SSSR count). The minimum Gasteiger partial charge on any atom is -0.488 e. The first kappa shape index (κ1) is 16.5. The van der Waals surface area contributed by atoms with Gasteiger partial charge >= 0.3 is 5.97 Å². The second kappa shape index (κ2) is 7.97. The van der Waals surface area contributed by atoms with Gasteiger partial charge in [-0.05, 0) is 34.9 Å². The topological polar surface area (TPSA) is 46.5 Å². The second-order valence-electron chi connectivity index (χ2n) is 5.57. The average molecular weight is 330 g/mol. The summed E-state index contributed by atoms with van der Waals surface area (Å²) in [6.07, 6.45) is 12.0. The van der Waals surface area contributed by atoms with E-state index in [0.717, 1.165) is 28.5 Å². The summed E-state index contributed by atoms with van der Waals surface area (Å²) in [4.78, 5) is 10.4. The Balaban J connectivity index is 1.76. The molecule has 25 heavy (non-hydrogen) atoms. The molecule has 0 aliphatic carbocycles. The molecule has 1 aliphatic rings. The Morgan fingerprint density at radius 2 is 1.76 bits per heavy atom. The maximum atomic E-state index is 10.4. The molecular formula is C22H18O3.